The van der Waals surface area contributed by atoms with Crippen LogP contribution in [0.4, 0.5) is 4.79 Å². The maximum absolute atomic E-state index is 12.0. The number of alkyl carbamates (subject to hydrolysis) is 1. The Labute approximate surface area is 135 Å². The second kappa shape index (κ2) is 7.27. The Balaban J connectivity index is 1.96. The van der Waals surface area contributed by atoms with Crippen molar-refractivity contribution in [1.82, 2.24) is 5.32 Å². The summed E-state index contributed by atoms with van der Waals surface area (Å²) in [6.45, 7) is 3.21. The fourth-order valence-electron chi connectivity index (χ4n) is 2.64. The van der Waals surface area contributed by atoms with Gasteiger partial charge in [-0.2, -0.15) is 0 Å². The summed E-state index contributed by atoms with van der Waals surface area (Å²) >= 11 is 0. The summed E-state index contributed by atoms with van der Waals surface area (Å²) < 4.78 is 15.6. The molecule has 7 heteroatoms. The molecule has 0 unspecified atom stereocenters. The summed E-state index contributed by atoms with van der Waals surface area (Å²) in [5.74, 6) is 0. The lowest BCUT2D eigenvalue weighted by Gasteiger charge is -2.47. The summed E-state index contributed by atoms with van der Waals surface area (Å²) in [5.41, 5.74) is -0.772. The normalized spacial score (nSPS) is 34.0. The summed E-state index contributed by atoms with van der Waals surface area (Å²) in [6.07, 6.45) is -3.53. The Bertz CT molecular complexity index is 521. The van der Waals surface area contributed by atoms with Gasteiger partial charge in [0.25, 0.3) is 0 Å². The van der Waals surface area contributed by atoms with Crippen molar-refractivity contribution >= 4 is 6.09 Å². The molecule has 1 aromatic carbocycles. The van der Waals surface area contributed by atoms with E-state index in [0.29, 0.717) is 0 Å². The monoisotopic (exact) mass is 325 g/mol. The number of nitrogens with one attached hydrogen (secondary N) is 1. The number of ether oxygens (including phenoxy) is 3. The zero-order valence-corrected chi connectivity index (χ0v) is 13.4. The quantitative estimate of drug-likeness (QED) is 0.757. The predicted molar refractivity (Wildman–Crippen MR) is 81.5 cm³/mol. The zero-order chi connectivity index (χ0) is 17.0. The van der Waals surface area contributed by atoms with E-state index in [1.807, 2.05) is 30.3 Å². The van der Waals surface area contributed by atoms with Crippen molar-refractivity contribution in [2.24, 2.45) is 0 Å². The Morgan fingerprint density at radius 1 is 1.39 bits per heavy atom. The van der Waals surface area contributed by atoms with Gasteiger partial charge in [0.05, 0.1) is 12.1 Å². The number of rotatable bonds is 4. The molecule has 1 amide bonds. The third-order valence-electron chi connectivity index (χ3n) is 4.02. The van der Waals surface area contributed by atoms with Gasteiger partial charge in [0, 0.05) is 7.11 Å². The average molecular weight is 325 g/mol. The van der Waals surface area contributed by atoms with Crippen molar-refractivity contribution in [3.63, 3.8) is 0 Å². The molecule has 1 heterocycles. The summed E-state index contributed by atoms with van der Waals surface area (Å²) in [6, 6.07) is 8.40. The minimum atomic E-state index is -1.62. The van der Waals surface area contributed by atoms with Crippen LogP contribution in [-0.2, 0) is 20.8 Å². The van der Waals surface area contributed by atoms with Crippen LogP contribution in [0, 0.1) is 0 Å². The van der Waals surface area contributed by atoms with Gasteiger partial charge in [0.1, 0.15) is 18.3 Å². The van der Waals surface area contributed by atoms with Gasteiger partial charge >= 0.3 is 6.09 Å². The van der Waals surface area contributed by atoms with Crippen LogP contribution < -0.4 is 5.32 Å². The largest absolute Gasteiger partial charge is 0.445 e. The number of methoxy groups -OCH3 is 1. The van der Waals surface area contributed by atoms with Gasteiger partial charge in [-0.15, -0.1) is 0 Å². The van der Waals surface area contributed by atoms with E-state index in [-0.39, 0.29) is 6.61 Å². The number of hydrogen-bond acceptors (Lipinski definition) is 6. The number of hydrogen-bond donors (Lipinski definition) is 3. The molecular formula is C16H23NO6. The molecule has 5 atom stereocenters. The molecule has 0 spiro atoms. The van der Waals surface area contributed by atoms with Crippen molar-refractivity contribution in [1.29, 1.82) is 0 Å². The summed E-state index contributed by atoms with van der Waals surface area (Å²) in [4.78, 5) is 12.0. The Hall–Kier alpha value is -1.67. The second-order valence-electron chi connectivity index (χ2n) is 5.80. The molecule has 1 aromatic rings. The van der Waals surface area contributed by atoms with Crippen molar-refractivity contribution in [3.8, 4) is 0 Å². The molecule has 1 aliphatic heterocycles. The molecule has 0 bridgehead atoms. The first-order chi connectivity index (χ1) is 10.9. The van der Waals surface area contributed by atoms with Gasteiger partial charge in [0.15, 0.2) is 6.29 Å². The van der Waals surface area contributed by atoms with Crippen LogP contribution in [-0.4, -0.2) is 53.6 Å². The third kappa shape index (κ3) is 4.00. The van der Waals surface area contributed by atoms with Gasteiger partial charge in [-0.1, -0.05) is 30.3 Å². The maximum Gasteiger partial charge on any atom is 0.407 e. The SMILES string of the molecule is CO[C@@H]1O[C@@H](C)[C@@H](NC(=O)OCc2ccccc2)[C@@](C)(O)[C@H]1O. The molecule has 2 rings (SSSR count). The molecule has 0 saturated carbocycles. The predicted octanol–water partition coefficient (Wildman–Crippen LogP) is 0.784. The van der Waals surface area contributed by atoms with Crippen LogP contribution in [0.3, 0.4) is 0 Å². The highest BCUT2D eigenvalue weighted by atomic mass is 16.7. The molecule has 3 N–H and O–H groups in total. The van der Waals surface area contributed by atoms with E-state index >= 15 is 0 Å². The topological polar surface area (TPSA) is 97.3 Å². The second-order valence-corrected chi connectivity index (χ2v) is 5.80. The molecule has 1 aliphatic rings. The Morgan fingerprint density at radius 2 is 2.04 bits per heavy atom. The molecule has 0 aliphatic carbocycles. The molecule has 128 valence electrons. The molecular weight excluding hydrogens is 302 g/mol. The highest BCUT2D eigenvalue weighted by Crippen LogP contribution is 2.30. The minimum Gasteiger partial charge on any atom is -0.445 e. The van der Waals surface area contributed by atoms with Gasteiger partial charge in [0.2, 0.25) is 0 Å². The zero-order valence-electron chi connectivity index (χ0n) is 13.4. The Morgan fingerprint density at radius 3 is 2.65 bits per heavy atom. The van der Waals surface area contributed by atoms with E-state index < -0.39 is 36.2 Å². The number of aliphatic hydroxyl groups excluding tert-OH is 1. The van der Waals surface area contributed by atoms with Crippen LogP contribution in [0.5, 0.6) is 0 Å². The third-order valence-corrected chi connectivity index (χ3v) is 4.02. The molecule has 0 radical (unpaired) electrons. The number of carbonyl (C=O) groups is 1. The summed E-state index contributed by atoms with van der Waals surface area (Å²) in [5, 5.41) is 23.2. The smallest absolute Gasteiger partial charge is 0.407 e. The van der Waals surface area contributed by atoms with Crippen molar-refractivity contribution in [3.05, 3.63) is 35.9 Å². The van der Waals surface area contributed by atoms with E-state index in [0.717, 1.165) is 5.56 Å². The number of aliphatic hydroxyl groups is 2. The lowest BCUT2D eigenvalue weighted by atomic mass is 9.84. The van der Waals surface area contributed by atoms with Crippen LogP contribution in [0.15, 0.2) is 30.3 Å². The van der Waals surface area contributed by atoms with E-state index in [9.17, 15) is 15.0 Å². The first-order valence-electron chi connectivity index (χ1n) is 7.42. The molecule has 0 aromatic heterocycles. The van der Waals surface area contributed by atoms with Gasteiger partial charge < -0.3 is 29.7 Å². The van der Waals surface area contributed by atoms with Crippen molar-refractivity contribution in [2.75, 3.05) is 7.11 Å². The fourth-order valence-corrected chi connectivity index (χ4v) is 2.64. The van der Waals surface area contributed by atoms with E-state index in [1.54, 1.807) is 6.92 Å². The average Bonchev–Trinajstić information content (AvgIpc) is 2.54. The maximum atomic E-state index is 12.0. The van der Waals surface area contributed by atoms with Crippen LogP contribution in [0.1, 0.15) is 19.4 Å². The number of carbonyl (C=O) groups excluding carboxylic acids is 1. The molecule has 7 nitrogen and oxygen atoms in total. The molecule has 1 fully saturated rings. The van der Waals surface area contributed by atoms with Crippen LogP contribution in [0.25, 0.3) is 0 Å². The number of benzene rings is 1. The lowest BCUT2D eigenvalue weighted by molar-refractivity contribution is -0.290. The standard InChI is InChI=1S/C16H23NO6/c1-10-12(16(2,20)13(18)14(21-3)23-10)17-15(19)22-9-11-7-5-4-6-8-11/h4-8,10,12-14,18,20H,9H2,1-3H3,(H,17,19)/t10-,12+,13-,14+,16+/m0/s1. The van der Waals surface area contributed by atoms with Gasteiger partial charge in [-0.05, 0) is 19.4 Å². The van der Waals surface area contributed by atoms with Crippen LogP contribution in [0.2, 0.25) is 0 Å². The van der Waals surface area contributed by atoms with Crippen molar-refractivity contribution in [2.45, 2.75) is 50.6 Å². The van der Waals surface area contributed by atoms with E-state index in [1.165, 1.54) is 14.0 Å². The van der Waals surface area contributed by atoms with Gasteiger partial charge in [-0.25, -0.2) is 4.79 Å². The Kier molecular flexibility index (Phi) is 5.59. The molecule has 23 heavy (non-hydrogen) atoms. The van der Waals surface area contributed by atoms with Crippen molar-refractivity contribution < 1.29 is 29.2 Å². The number of amides is 1. The van der Waals surface area contributed by atoms with E-state index in [4.69, 9.17) is 14.2 Å². The highest BCUT2D eigenvalue weighted by molar-refractivity contribution is 5.68. The lowest BCUT2D eigenvalue weighted by Crippen LogP contribution is -2.69. The van der Waals surface area contributed by atoms with Gasteiger partial charge in [-0.3, -0.25) is 0 Å². The fraction of sp³-hybridized carbons (Fsp3) is 0.562. The minimum absolute atomic E-state index is 0.111. The first kappa shape index (κ1) is 17.7. The molecule has 1 saturated heterocycles. The van der Waals surface area contributed by atoms with E-state index in [2.05, 4.69) is 5.32 Å². The van der Waals surface area contributed by atoms with Crippen LogP contribution >= 0.6 is 0 Å². The highest BCUT2D eigenvalue weighted by Gasteiger charge is 2.52. The first-order valence-corrected chi connectivity index (χ1v) is 7.42. The summed E-state index contributed by atoms with van der Waals surface area (Å²) in [7, 11) is 1.37.